The molecule has 0 amide bonds. The predicted molar refractivity (Wildman–Crippen MR) is 92.7 cm³/mol. The first-order valence-electron chi connectivity index (χ1n) is 7.69. The zero-order chi connectivity index (χ0) is 17.4. The fraction of sp³-hybridized carbons (Fsp3) is 0. The second kappa shape index (κ2) is 5.97. The van der Waals surface area contributed by atoms with E-state index in [0.29, 0.717) is 11.1 Å². The van der Waals surface area contributed by atoms with Gasteiger partial charge < -0.3 is 17.8 Å². The third-order valence-corrected chi connectivity index (χ3v) is 4.21. The fourth-order valence-electron chi connectivity index (χ4n) is 2.90. The van der Waals surface area contributed by atoms with Crippen LogP contribution in [0, 0.1) is 0 Å². The lowest BCUT2D eigenvalue weighted by Crippen LogP contribution is -2.64. The maximum absolute atomic E-state index is 14.6. The molecular weight excluding hydrogens is 344 g/mol. The number of nitrogens with zero attached hydrogens (tertiary/aromatic N) is 2. The predicted octanol–water partition coefficient (Wildman–Crippen LogP) is 4.19. The van der Waals surface area contributed by atoms with Crippen molar-refractivity contribution in [1.82, 2.24) is 4.98 Å². The molecule has 7 heteroatoms. The van der Waals surface area contributed by atoms with Crippen molar-refractivity contribution in [2.75, 3.05) is 0 Å². The third-order valence-electron chi connectivity index (χ3n) is 4.00. The number of benzene rings is 2. The molecule has 0 atom stereocenters. The minimum atomic E-state index is -4.31. The molecule has 0 radical (unpaired) electrons. The minimum Gasteiger partial charge on any atom is -0.622 e. The molecule has 1 aromatic heterocycles. The Morgan fingerprint density at radius 3 is 2.16 bits per heavy atom. The highest BCUT2D eigenvalue weighted by atomic mass is 35.5. The average Bonchev–Trinajstić information content (AvgIpc) is 2.62. The molecular formula is C18H12BClF2N2O. The van der Waals surface area contributed by atoms with Crippen LogP contribution < -0.4 is 4.48 Å². The van der Waals surface area contributed by atoms with Crippen molar-refractivity contribution in [3.8, 4) is 0 Å². The Bertz CT molecular complexity index is 965. The Balaban J connectivity index is 2.07. The van der Waals surface area contributed by atoms with Crippen LogP contribution in [0.25, 0.3) is 11.3 Å². The molecule has 0 spiro atoms. The molecule has 3 nitrogen and oxygen atoms in total. The van der Waals surface area contributed by atoms with E-state index in [4.69, 9.17) is 16.3 Å². The molecule has 0 N–H and O–H groups in total. The molecule has 0 saturated carbocycles. The highest BCUT2D eigenvalue weighted by molar-refractivity contribution is 6.51. The fourth-order valence-corrected chi connectivity index (χ4v) is 3.05. The Hall–Kier alpha value is -2.73. The molecule has 1 aliphatic heterocycles. The lowest BCUT2D eigenvalue weighted by molar-refractivity contribution is -0.587. The number of hydrogen-bond acceptors (Lipinski definition) is 2. The maximum Gasteiger partial charge on any atom is 0.734 e. The van der Waals surface area contributed by atoms with E-state index in [1.807, 2.05) is 36.4 Å². The second-order valence-electron chi connectivity index (χ2n) is 5.62. The average molecular weight is 357 g/mol. The summed E-state index contributed by atoms with van der Waals surface area (Å²) in [4.78, 5) is 3.78. The molecule has 0 unspecified atom stereocenters. The summed E-state index contributed by atoms with van der Waals surface area (Å²) in [5.74, 6) is 0.124. The van der Waals surface area contributed by atoms with Gasteiger partial charge in [0, 0.05) is 11.6 Å². The van der Waals surface area contributed by atoms with Crippen molar-refractivity contribution in [1.29, 1.82) is 0 Å². The van der Waals surface area contributed by atoms with Crippen molar-refractivity contribution in [2.24, 2.45) is 0 Å². The molecule has 1 aliphatic rings. The molecule has 0 saturated heterocycles. The zero-order valence-corrected chi connectivity index (χ0v) is 13.7. The number of aromatic nitrogens is 2. The van der Waals surface area contributed by atoms with E-state index in [1.54, 1.807) is 24.3 Å². The van der Waals surface area contributed by atoms with Crippen LogP contribution in [0.5, 0.6) is 0 Å². The molecule has 0 aliphatic carbocycles. The first kappa shape index (κ1) is 15.8. The van der Waals surface area contributed by atoms with Crippen LogP contribution in [0.3, 0.4) is 0 Å². The van der Waals surface area contributed by atoms with E-state index in [9.17, 15) is 8.63 Å². The van der Waals surface area contributed by atoms with Gasteiger partial charge in [0.1, 0.15) is 5.69 Å². The Kier molecular flexibility index (Phi) is 3.77. The Morgan fingerprint density at radius 2 is 1.52 bits per heavy atom. The Labute approximate surface area is 148 Å². The zero-order valence-electron chi connectivity index (χ0n) is 12.9. The number of halogens is 3. The van der Waals surface area contributed by atoms with Gasteiger partial charge in [0.05, 0.1) is 11.3 Å². The van der Waals surface area contributed by atoms with Gasteiger partial charge in [0.2, 0.25) is 11.5 Å². The summed E-state index contributed by atoms with van der Waals surface area (Å²) in [6.45, 7) is 0. The third kappa shape index (κ3) is 2.78. The van der Waals surface area contributed by atoms with Crippen LogP contribution in [0.2, 0.25) is 5.15 Å². The molecule has 3 aromatic rings. The number of fused-ring (bicyclic) bond motifs is 1. The largest absolute Gasteiger partial charge is 0.734 e. The topological polar surface area (TPSA) is 26.0 Å². The van der Waals surface area contributed by atoms with Crippen LogP contribution >= 0.6 is 11.6 Å². The van der Waals surface area contributed by atoms with Gasteiger partial charge in [-0.15, -0.1) is 0 Å². The van der Waals surface area contributed by atoms with Crippen molar-refractivity contribution in [3.63, 3.8) is 0 Å². The van der Waals surface area contributed by atoms with Crippen molar-refractivity contribution < 1.29 is 17.8 Å². The molecule has 2 heterocycles. The van der Waals surface area contributed by atoms with Crippen LogP contribution in [-0.4, -0.2) is 12.0 Å². The van der Waals surface area contributed by atoms with Gasteiger partial charge in [0.15, 0.2) is 0 Å². The van der Waals surface area contributed by atoms with E-state index in [0.717, 1.165) is 16.4 Å². The molecule has 2 aromatic carbocycles. The summed E-state index contributed by atoms with van der Waals surface area (Å²) in [5, 5.41) is 0.139. The molecule has 4 rings (SSSR count). The Morgan fingerprint density at radius 1 is 0.920 bits per heavy atom. The lowest BCUT2D eigenvalue weighted by Gasteiger charge is -2.34. The lowest BCUT2D eigenvalue weighted by atomic mass is 9.90. The smallest absolute Gasteiger partial charge is 0.622 e. The van der Waals surface area contributed by atoms with E-state index >= 15 is 0 Å². The normalized spacial score (nSPS) is 15.5. The van der Waals surface area contributed by atoms with Gasteiger partial charge in [-0.05, 0) is 22.1 Å². The number of hydrogen-bond donors (Lipinski definition) is 0. The van der Waals surface area contributed by atoms with E-state index in [1.165, 1.54) is 6.07 Å². The quantitative estimate of drug-likeness (QED) is 0.508. The first-order valence-corrected chi connectivity index (χ1v) is 8.06. The van der Waals surface area contributed by atoms with E-state index in [-0.39, 0.29) is 16.6 Å². The summed E-state index contributed by atoms with van der Waals surface area (Å²) in [5.41, 5.74) is 2.14. The van der Waals surface area contributed by atoms with Gasteiger partial charge in [-0.2, -0.15) is 0 Å². The van der Waals surface area contributed by atoms with E-state index in [2.05, 4.69) is 4.98 Å². The van der Waals surface area contributed by atoms with E-state index < -0.39 is 7.04 Å². The summed E-state index contributed by atoms with van der Waals surface area (Å²) in [6, 6.07) is 19.5. The second-order valence-corrected chi connectivity index (χ2v) is 6.01. The first-order chi connectivity index (χ1) is 12.1. The van der Waals surface area contributed by atoms with Gasteiger partial charge >= 0.3 is 7.04 Å². The van der Waals surface area contributed by atoms with Crippen molar-refractivity contribution >= 4 is 30.0 Å². The molecule has 0 fully saturated rings. The van der Waals surface area contributed by atoms with Crippen molar-refractivity contribution in [3.05, 3.63) is 95.0 Å². The van der Waals surface area contributed by atoms with Gasteiger partial charge in [-0.25, -0.2) is 0 Å². The molecule has 25 heavy (non-hydrogen) atoms. The minimum absolute atomic E-state index is 0.124. The van der Waals surface area contributed by atoms with Gasteiger partial charge in [-0.1, -0.05) is 60.7 Å². The summed E-state index contributed by atoms with van der Waals surface area (Å²) >= 11 is 5.99. The van der Waals surface area contributed by atoms with Crippen LogP contribution in [0.15, 0.2) is 73.1 Å². The molecule has 0 bridgehead atoms. The summed E-state index contributed by atoms with van der Waals surface area (Å²) < 4.78 is 35.2. The van der Waals surface area contributed by atoms with Crippen LogP contribution in [0.4, 0.5) is 8.63 Å². The van der Waals surface area contributed by atoms with Crippen LogP contribution in [0.1, 0.15) is 16.8 Å². The summed E-state index contributed by atoms with van der Waals surface area (Å²) in [7, 11) is -4.31. The van der Waals surface area contributed by atoms with Gasteiger partial charge in [-0.3, -0.25) is 0 Å². The number of rotatable bonds is 2. The van der Waals surface area contributed by atoms with Gasteiger partial charge in [0.25, 0.3) is 0 Å². The standard InChI is InChI=1S/C18H12BClF2N2O/c20-16-11-15-17(13-7-3-1-4-8-13)18(14-9-5-2-6-10-14)25-19(21,22)24(15)12-23-16/h1-12H. The summed E-state index contributed by atoms with van der Waals surface area (Å²) in [6.07, 6.45) is 1.02. The molecule has 124 valence electrons. The SMILES string of the molecule is F[B-]1(F)OC(c2ccccc2)=C(c2ccccc2)c2cc(Cl)nc[n+]21. The maximum atomic E-state index is 14.6. The van der Waals surface area contributed by atoms with Crippen LogP contribution in [-0.2, 0) is 4.65 Å². The highest BCUT2D eigenvalue weighted by Gasteiger charge is 2.46. The van der Waals surface area contributed by atoms with Crippen molar-refractivity contribution in [2.45, 2.75) is 0 Å². The monoisotopic (exact) mass is 356 g/mol. The highest BCUT2D eigenvalue weighted by Crippen LogP contribution is 2.37.